The van der Waals surface area contributed by atoms with Gasteiger partial charge in [0, 0.05) is 0 Å². The molecule has 0 aromatic carbocycles. The Bertz CT molecular complexity index is 162. The molecule has 0 saturated heterocycles. The van der Waals surface area contributed by atoms with Crippen LogP contribution in [0.4, 0.5) is 0 Å². The number of aliphatic hydroxyl groups excluding tert-OH is 1. The van der Waals surface area contributed by atoms with Crippen molar-refractivity contribution in [3.63, 3.8) is 0 Å². The number of rotatable bonds is 9. The number of unbranched alkanes of at least 4 members (excludes halogenated alkanes) is 5. The minimum absolute atomic E-state index is 0.352. The molecule has 0 aliphatic carbocycles. The molecule has 0 heterocycles. The molecule has 0 fully saturated rings. The van der Waals surface area contributed by atoms with E-state index >= 15 is 0 Å². The average Bonchev–Trinajstić information content (AvgIpc) is 2.26. The summed E-state index contributed by atoms with van der Waals surface area (Å²) in [6.45, 7) is 2.24. The van der Waals surface area contributed by atoms with Crippen molar-refractivity contribution in [2.75, 3.05) is 13.2 Å². The van der Waals surface area contributed by atoms with Crippen LogP contribution in [-0.2, 0) is 9.53 Å². The minimum Gasteiger partial charge on any atom is -0.464 e. The molecule has 4 nitrogen and oxygen atoms in total. The molecule has 0 radical (unpaired) electrons. The molecule has 4 heteroatoms. The second kappa shape index (κ2) is 9.93. The molecule has 3 N–H and O–H groups in total. The first-order valence-corrected chi connectivity index (χ1v) is 5.75. The van der Waals surface area contributed by atoms with Gasteiger partial charge in [0.15, 0.2) is 0 Å². The maximum Gasteiger partial charge on any atom is 0.325 e. The van der Waals surface area contributed by atoms with E-state index in [0.29, 0.717) is 6.61 Å². The summed E-state index contributed by atoms with van der Waals surface area (Å²) in [5.74, 6) is -0.508. The van der Waals surface area contributed by atoms with Crippen LogP contribution in [0.3, 0.4) is 0 Å². The summed E-state index contributed by atoms with van der Waals surface area (Å²) in [7, 11) is 0. The fourth-order valence-electron chi connectivity index (χ4n) is 1.24. The number of hydrogen-bond donors (Lipinski definition) is 2. The van der Waals surface area contributed by atoms with Crippen LogP contribution in [-0.4, -0.2) is 30.3 Å². The van der Waals surface area contributed by atoms with E-state index in [1.165, 1.54) is 25.7 Å². The van der Waals surface area contributed by atoms with Crippen LogP contribution in [0.25, 0.3) is 0 Å². The third kappa shape index (κ3) is 8.39. The number of nitrogens with two attached hydrogens (primary N) is 1. The molecule has 1 atom stereocenters. The normalized spacial score (nSPS) is 12.5. The van der Waals surface area contributed by atoms with E-state index in [2.05, 4.69) is 6.92 Å². The highest BCUT2D eigenvalue weighted by molar-refractivity contribution is 5.75. The van der Waals surface area contributed by atoms with Gasteiger partial charge in [0.2, 0.25) is 0 Å². The van der Waals surface area contributed by atoms with Gasteiger partial charge in [-0.2, -0.15) is 0 Å². The van der Waals surface area contributed by atoms with Crippen LogP contribution >= 0.6 is 0 Å². The average molecular weight is 217 g/mol. The molecule has 0 bridgehead atoms. The van der Waals surface area contributed by atoms with Crippen LogP contribution in [0.1, 0.15) is 45.4 Å². The van der Waals surface area contributed by atoms with Crippen LogP contribution in [0.2, 0.25) is 0 Å². The fraction of sp³-hybridized carbons (Fsp3) is 0.909. The number of aliphatic hydroxyl groups is 1. The molecule has 0 aromatic heterocycles. The molecule has 1 unspecified atom stereocenters. The summed E-state index contributed by atoms with van der Waals surface area (Å²) in [5, 5.41) is 8.58. The topological polar surface area (TPSA) is 72.5 Å². The Balaban J connectivity index is 3.20. The summed E-state index contributed by atoms with van der Waals surface area (Å²) in [6.07, 6.45) is 6.92. The van der Waals surface area contributed by atoms with Gasteiger partial charge in [0.1, 0.15) is 6.04 Å². The lowest BCUT2D eigenvalue weighted by Crippen LogP contribution is -2.35. The lowest BCUT2D eigenvalue weighted by Gasteiger charge is -2.08. The standard InChI is InChI=1S/C11H23NO3/c1-2-3-4-5-6-7-8-15-11(14)10(12)9-13/h10,13H,2-9,12H2,1H3. The SMILES string of the molecule is CCCCCCCCOC(=O)C(N)CO. The highest BCUT2D eigenvalue weighted by Gasteiger charge is 2.12. The van der Waals surface area contributed by atoms with Crippen molar-refractivity contribution in [1.82, 2.24) is 0 Å². The largest absolute Gasteiger partial charge is 0.464 e. The summed E-state index contributed by atoms with van der Waals surface area (Å²) in [4.78, 5) is 11.0. The molecular weight excluding hydrogens is 194 g/mol. The Morgan fingerprint density at radius 3 is 2.47 bits per heavy atom. The predicted octanol–water partition coefficient (Wildman–Crippen LogP) is 1.21. The summed E-state index contributed by atoms with van der Waals surface area (Å²) in [5.41, 5.74) is 5.27. The van der Waals surface area contributed by atoms with E-state index in [4.69, 9.17) is 15.6 Å². The van der Waals surface area contributed by atoms with Gasteiger partial charge >= 0.3 is 5.97 Å². The smallest absolute Gasteiger partial charge is 0.325 e. The highest BCUT2D eigenvalue weighted by atomic mass is 16.5. The minimum atomic E-state index is -0.884. The fourth-order valence-corrected chi connectivity index (χ4v) is 1.24. The number of hydrogen-bond acceptors (Lipinski definition) is 4. The first-order chi connectivity index (χ1) is 7.22. The molecule has 0 aliphatic heterocycles. The van der Waals surface area contributed by atoms with Crippen LogP contribution in [0, 0.1) is 0 Å². The number of esters is 1. The zero-order valence-corrected chi connectivity index (χ0v) is 9.58. The van der Waals surface area contributed by atoms with Gasteiger partial charge < -0.3 is 15.6 Å². The monoisotopic (exact) mass is 217 g/mol. The molecule has 0 amide bonds. The van der Waals surface area contributed by atoms with E-state index in [1.807, 2.05) is 0 Å². The maximum absolute atomic E-state index is 11.0. The van der Waals surface area contributed by atoms with E-state index in [9.17, 15) is 4.79 Å². The molecule has 90 valence electrons. The van der Waals surface area contributed by atoms with Crippen molar-refractivity contribution >= 4 is 5.97 Å². The van der Waals surface area contributed by atoms with Crippen molar-refractivity contribution in [1.29, 1.82) is 0 Å². The Morgan fingerprint density at radius 1 is 1.27 bits per heavy atom. The third-order valence-corrected chi connectivity index (χ3v) is 2.24. The van der Waals surface area contributed by atoms with Gasteiger partial charge in [0.05, 0.1) is 13.2 Å². The van der Waals surface area contributed by atoms with Crippen molar-refractivity contribution in [3.05, 3.63) is 0 Å². The van der Waals surface area contributed by atoms with Gasteiger partial charge in [-0.3, -0.25) is 4.79 Å². The second-order valence-corrected chi connectivity index (χ2v) is 3.72. The number of carbonyl (C=O) groups excluding carboxylic acids is 1. The quantitative estimate of drug-likeness (QED) is 0.450. The lowest BCUT2D eigenvalue weighted by atomic mass is 10.1. The van der Waals surface area contributed by atoms with Crippen LogP contribution in [0.15, 0.2) is 0 Å². The molecule has 0 rings (SSSR count). The predicted molar refractivity (Wildman–Crippen MR) is 59.4 cm³/mol. The molecule has 0 spiro atoms. The first-order valence-electron chi connectivity index (χ1n) is 5.75. The van der Waals surface area contributed by atoms with Crippen molar-refractivity contribution in [3.8, 4) is 0 Å². The van der Waals surface area contributed by atoms with Crippen LogP contribution < -0.4 is 5.73 Å². The Labute approximate surface area is 91.8 Å². The zero-order valence-electron chi connectivity index (χ0n) is 9.58. The van der Waals surface area contributed by atoms with Gasteiger partial charge in [-0.15, -0.1) is 0 Å². The van der Waals surface area contributed by atoms with Crippen molar-refractivity contribution in [2.45, 2.75) is 51.5 Å². The van der Waals surface area contributed by atoms with Crippen molar-refractivity contribution < 1.29 is 14.6 Å². The van der Waals surface area contributed by atoms with Gasteiger partial charge in [-0.25, -0.2) is 0 Å². The Morgan fingerprint density at radius 2 is 1.87 bits per heavy atom. The van der Waals surface area contributed by atoms with E-state index in [0.717, 1.165) is 12.8 Å². The van der Waals surface area contributed by atoms with Gasteiger partial charge in [-0.1, -0.05) is 39.0 Å². The summed E-state index contributed by atoms with van der Waals surface area (Å²) < 4.78 is 4.88. The molecule has 0 aromatic rings. The van der Waals surface area contributed by atoms with Gasteiger partial charge in [0.25, 0.3) is 0 Å². The molecule has 15 heavy (non-hydrogen) atoms. The molecule has 0 aliphatic rings. The Hall–Kier alpha value is -0.610. The lowest BCUT2D eigenvalue weighted by molar-refractivity contribution is -0.146. The first kappa shape index (κ1) is 14.4. The molecular formula is C11H23NO3. The second-order valence-electron chi connectivity index (χ2n) is 3.72. The van der Waals surface area contributed by atoms with E-state index in [-0.39, 0.29) is 6.61 Å². The number of ether oxygens (including phenoxy) is 1. The maximum atomic E-state index is 11.0. The summed E-state index contributed by atoms with van der Waals surface area (Å²) >= 11 is 0. The van der Waals surface area contributed by atoms with Gasteiger partial charge in [-0.05, 0) is 6.42 Å². The van der Waals surface area contributed by atoms with E-state index < -0.39 is 12.0 Å². The summed E-state index contributed by atoms with van der Waals surface area (Å²) in [6, 6.07) is -0.884. The highest BCUT2D eigenvalue weighted by Crippen LogP contribution is 2.04. The zero-order chi connectivity index (χ0) is 11.5. The van der Waals surface area contributed by atoms with Crippen molar-refractivity contribution in [2.24, 2.45) is 5.73 Å². The third-order valence-electron chi connectivity index (χ3n) is 2.24. The van der Waals surface area contributed by atoms with E-state index in [1.54, 1.807) is 0 Å². The van der Waals surface area contributed by atoms with Crippen LogP contribution in [0.5, 0.6) is 0 Å². The number of carbonyl (C=O) groups is 1. The Kier molecular flexibility index (Phi) is 9.52. The molecule has 0 saturated carbocycles.